The van der Waals surface area contributed by atoms with E-state index >= 15 is 0 Å². The van der Waals surface area contributed by atoms with E-state index in [0.717, 1.165) is 0 Å². The van der Waals surface area contributed by atoms with Gasteiger partial charge >= 0.3 is 11.9 Å². The highest BCUT2D eigenvalue weighted by atomic mass is 16.6. The summed E-state index contributed by atoms with van der Waals surface area (Å²) in [7, 11) is 2.67. The predicted molar refractivity (Wildman–Crippen MR) is 122 cm³/mol. The number of nitrogens with one attached hydrogen (secondary N) is 1. The van der Waals surface area contributed by atoms with Crippen LogP contribution in [-0.4, -0.2) is 56.9 Å². The first-order valence-corrected chi connectivity index (χ1v) is 11.2. The fourth-order valence-corrected chi connectivity index (χ4v) is 4.59. The topological polar surface area (TPSA) is 120 Å². The standard InChI is InChI=1S/C25H31NO8/c1-6-33-9-10-34-25(30)20-14(3)26-16-11-13(2)19(24(29)32-5)23(28)22(16)21(20)15-7-8-18(31-4)17(27)12-15/h7-8,12-13,19,21,26-27H,6,9-11H2,1-5H3/t13-,19+,21-/m0/s1. The summed E-state index contributed by atoms with van der Waals surface area (Å²) >= 11 is 0. The van der Waals surface area contributed by atoms with Gasteiger partial charge in [-0.25, -0.2) is 4.79 Å². The quantitative estimate of drug-likeness (QED) is 0.333. The lowest BCUT2D eigenvalue weighted by Crippen LogP contribution is -2.43. The lowest BCUT2D eigenvalue weighted by atomic mass is 9.69. The van der Waals surface area contributed by atoms with Gasteiger partial charge in [0.1, 0.15) is 12.5 Å². The van der Waals surface area contributed by atoms with Gasteiger partial charge in [-0.15, -0.1) is 0 Å². The lowest BCUT2D eigenvalue weighted by Gasteiger charge is -2.38. The molecule has 9 heteroatoms. The zero-order chi connectivity index (χ0) is 25.0. The van der Waals surface area contributed by atoms with E-state index in [4.69, 9.17) is 18.9 Å². The molecule has 3 rings (SSSR count). The first-order valence-electron chi connectivity index (χ1n) is 11.2. The number of ether oxygens (including phenoxy) is 4. The molecular formula is C25H31NO8. The van der Waals surface area contributed by atoms with Crippen molar-refractivity contribution in [3.05, 3.63) is 46.3 Å². The molecule has 1 aromatic carbocycles. The van der Waals surface area contributed by atoms with E-state index in [1.54, 1.807) is 19.1 Å². The van der Waals surface area contributed by atoms with E-state index in [-0.39, 0.29) is 36.2 Å². The number of ketones is 1. The molecule has 9 nitrogen and oxygen atoms in total. The van der Waals surface area contributed by atoms with Gasteiger partial charge in [0.05, 0.1) is 26.4 Å². The van der Waals surface area contributed by atoms with Crippen molar-refractivity contribution >= 4 is 17.7 Å². The number of allylic oxidation sites excluding steroid dienone is 3. The summed E-state index contributed by atoms with van der Waals surface area (Å²) < 4.78 is 20.7. The van der Waals surface area contributed by atoms with Crippen molar-refractivity contribution in [2.24, 2.45) is 11.8 Å². The number of dihydropyridines is 1. The molecule has 34 heavy (non-hydrogen) atoms. The largest absolute Gasteiger partial charge is 0.504 e. The molecule has 0 unspecified atom stereocenters. The molecule has 1 aromatic rings. The van der Waals surface area contributed by atoms with E-state index in [1.807, 2.05) is 13.8 Å². The highest BCUT2D eigenvalue weighted by molar-refractivity contribution is 6.12. The molecule has 0 saturated carbocycles. The SMILES string of the molecule is CCOCCOC(=O)C1=C(C)NC2=C(C(=O)[C@H](C(=O)OC)[C@@H](C)C2)[C@H]1c1ccc(OC)c(O)c1. The molecular weight excluding hydrogens is 442 g/mol. The van der Waals surface area contributed by atoms with Crippen molar-refractivity contribution in [2.75, 3.05) is 34.0 Å². The zero-order valence-electron chi connectivity index (χ0n) is 20.1. The normalized spacial score (nSPS) is 22.1. The Morgan fingerprint density at radius 1 is 1.21 bits per heavy atom. The van der Waals surface area contributed by atoms with Gasteiger partial charge in [0, 0.05) is 29.5 Å². The number of hydrogen-bond acceptors (Lipinski definition) is 9. The summed E-state index contributed by atoms with van der Waals surface area (Å²) in [5.41, 5.74) is 2.19. The molecule has 2 aliphatic rings. The zero-order valence-corrected chi connectivity index (χ0v) is 20.1. The van der Waals surface area contributed by atoms with Gasteiger partial charge < -0.3 is 29.4 Å². The van der Waals surface area contributed by atoms with E-state index in [0.29, 0.717) is 35.6 Å². The highest BCUT2D eigenvalue weighted by Crippen LogP contribution is 2.46. The highest BCUT2D eigenvalue weighted by Gasteiger charge is 2.47. The Kier molecular flexibility index (Phi) is 7.98. The molecule has 0 aromatic heterocycles. The van der Waals surface area contributed by atoms with Gasteiger partial charge in [-0.1, -0.05) is 13.0 Å². The molecule has 1 aliphatic heterocycles. The number of carbonyl (C=O) groups is 3. The molecule has 0 fully saturated rings. The fourth-order valence-electron chi connectivity index (χ4n) is 4.59. The summed E-state index contributed by atoms with van der Waals surface area (Å²) in [6.07, 6.45) is 0.420. The summed E-state index contributed by atoms with van der Waals surface area (Å²) in [4.78, 5) is 39.3. The molecule has 1 aliphatic carbocycles. The van der Waals surface area contributed by atoms with E-state index in [9.17, 15) is 19.5 Å². The van der Waals surface area contributed by atoms with Gasteiger partial charge in [-0.05, 0) is 43.9 Å². The number of esters is 2. The van der Waals surface area contributed by atoms with Crippen LogP contribution < -0.4 is 10.1 Å². The minimum absolute atomic E-state index is 0.0473. The molecule has 0 spiro atoms. The number of benzene rings is 1. The summed E-state index contributed by atoms with van der Waals surface area (Å²) in [6, 6.07) is 4.70. The molecule has 0 amide bonds. The Balaban J connectivity index is 2.11. The number of aromatic hydroxyl groups is 1. The van der Waals surface area contributed by atoms with Crippen LogP contribution in [0, 0.1) is 11.8 Å². The predicted octanol–water partition coefficient (Wildman–Crippen LogP) is 2.59. The monoisotopic (exact) mass is 473 g/mol. The lowest BCUT2D eigenvalue weighted by molar-refractivity contribution is -0.151. The first-order chi connectivity index (χ1) is 16.2. The van der Waals surface area contributed by atoms with Gasteiger partial charge in [0.15, 0.2) is 17.3 Å². The smallest absolute Gasteiger partial charge is 0.336 e. The Labute approximate surface area is 198 Å². The van der Waals surface area contributed by atoms with Crippen LogP contribution in [0.15, 0.2) is 40.7 Å². The maximum Gasteiger partial charge on any atom is 0.336 e. The van der Waals surface area contributed by atoms with E-state index < -0.39 is 29.6 Å². The number of carbonyl (C=O) groups excluding carboxylic acids is 3. The van der Waals surface area contributed by atoms with Crippen molar-refractivity contribution in [3.63, 3.8) is 0 Å². The van der Waals surface area contributed by atoms with Gasteiger partial charge in [0.2, 0.25) is 0 Å². The van der Waals surface area contributed by atoms with E-state index in [2.05, 4.69) is 5.32 Å². The van der Waals surface area contributed by atoms with Crippen molar-refractivity contribution in [3.8, 4) is 11.5 Å². The second-order valence-corrected chi connectivity index (χ2v) is 8.30. The maximum atomic E-state index is 13.7. The van der Waals surface area contributed by atoms with Crippen molar-refractivity contribution < 1.29 is 38.4 Å². The molecule has 0 radical (unpaired) electrons. The average molecular weight is 474 g/mol. The second kappa shape index (κ2) is 10.7. The van der Waals surface area contributed by atoms with Crippen molar-refractivity contribution in [2.45, 2.75) is 33.1 Å². The molecule has 3 atom stereocenters. The van der Waals surface area contributed by atoms with Crippen LogP contribution in [0.25, 0.3) is 0 Å². The van der Waals surface area contributed by atoms with Crippen LogP contribution in [0.3, 0.4) is 0 Å². The van der Waals surface area contributed by atoms with Crippen molar-refractivity contribution in [1.29, 1.82) is 0 Å². The van der Waals surface area contributed by atoms with Crippen LogP contribution in [0.1, 0.15) is 38.7 Å². The fraction of sp³-hybridized carbons (Fsp3) is 0.480. The Bertz CT molecular complexity index is 1040. The summed E-state index contributed by atoms with van der Waals surface area (Å²) in [5.74, 6) is -3.66. The first kappa shape index (κ1) is 25.3. The number of phenolic OH excluding ortho intramolecular Hbond substituents is 1. The summed E-state index contributed by atoms with van der Waals surface area (Å²) in [5, 5.41) is 13.6. The maximum absolute atomic E-state index is 13.7. The number of Topliss-reactive ketones (excluding diaryl/α,β-unsaturated/α-hetero) is 1. The number of rotatable bonds is 8. The molecule has 0 saturated heterocycles. The average Bonchev–Trinajstić information content (AvgIpc) is 2.80. The number of hydrogen-bond donors (Lipinski definition) is 2. The summed E-state index contributed by atoms with van der Waals surface area (Å²) in [6.45, 7) is 6.17. The van der Waals surface area contributed by atoms with Crippen LogP contribution in [0.2, 0.25) is 0 Å². The number of phenols is 1. The van der Waals surface area contributed by atoms with Crippen LogP contribution in [-0.2, 0) is 28.6 Å². The minimum Gasteiger partial charge on any atom is -0.504 e. The van der Waals surface area contributed by atoms with Crippen molar-refractivity contribution in [1.82, 2.24) is 5.32 Å². The van der Waals surface area contributed by atoms with Gasteiger partial charge in [-0.3, -0.25) is 9.59 Å². The minimum atomic E-state index is -0.992. The third-order valence-electron chi connectivity index (χ3n) is 6.16. The Morgan fingerprint density at radius 2 is 1.94 bits per heavy atom. The number of methoxy groups -OCH3 is 2. The molecule has 0 bridgehead atoms. The molecule has 2 N–H and O–H groups in total. The van der Waals surface area contributed by atoms with Gasteiger partial charge in [0.25, 0.3) is 0 Å². The van der Waals surface area contributed by atoms with Crippen LogP contribution >= 0.6 is 0 Å². The van der Waals surface area contributed by atoms with Gasteiger partial charge in [-0.2, -0.15) is 0 Å². The Hall–Kier alpha value is -3.33. The molecule has 184 valence electrons. The third-order valence-corrected chi connectivity index (χ3v) is 6.16. The van der Waals surface area contributed by atoms with Crippen LogP contribution in [0.4, 0.5) is 0 Å². The molecule has 1 heterocycles. The van der Waals surface area contributed by atoms with E-state index in [1.165, 1.54) is 20.3 Å². The second-order valence-electron chi connectivity index (χ2n) is 8.30. The third kappa shape index (κ3) is 4.79. The van der Waals surface area contributed by atoms with Crippen LogP contribution in [0.5, 0.6) is 11.5 Å². The Morgan fingerprint density at radius 3 is 2.56 bits per heavy atom.